The normalized spacial score (nSPS) is 20.6. The van der Waals surface area contributed by atoms with Crippen LogP contribution in [0, 0.1) is 5.92 Å². The summed E-state index contributed by atoms with van der Waals surface area (Å²) < 4.78 is 0. The van der Waals surface area contributed by atoms with Crippen molar-refractivity contribution in [3.63, 3.8) is 0 Å². The lowest BCUT2D eigenvalue weighted by Crippen LogP contribution is -2.36. The number of para-hydroxylation sites is 1. The molecule has 2 rings (SSSR count). The first kappa shape index (κ1) is 14.1. The van der Waals surface area contributed by atoms with Crippen molar-refractivity contribution in [3.05, 3.63) is 29.8 Å². The van der Waals surface area contributed by atoms with E-state index in [1.807, 2.05) is 30.0 Å². The molecule has 0 saturated heterocycles. The number of hydrogen-bond acceptors (Lipinski definition) is 2. The number of carbonyl (C=O) groups is 1. The smallest absolute Gasteiger partial charge is 0.229 e. The van der Waals surface area contributed by atoms with Crippen LogP contribution < -0.4 is 10.6 Å². The van der Waals surface area contributed by atoms with E-state index in [1.165, 1.54) is 0 Å². The predicted molar refractivity (Wildman–Crippen MR) is 79.0 cm³/mol. The summed E-state index contributed by atoms with van der Waals surface area (Å²) in [6, 6.07) is 8.12. The zero-order chi connectivity index (χ0) is 13.8. The summed E-state index contributed by atoms with van der Waals surface area (Å²) >= 11 is 0. The van der Waals surface area contributed by atoms with Gasteiger partial charge >= 0.3 is 0 Å². The summed E-state index contributed by atoms with van der Waals surface area (Å²) in [6.07, 6.45) is 3.91. The number of fused-ring (bicyclic) bond motifs is 1. The average Bonchev–Trinajstić information content (AvgIpc) is 2.58. The third kappa shape index (κ3) is 2.98. The zero-order valence-corrected chi connectivity index (χ0v) is 11.9. The largest absolute Gasteiger partial charge is 0.324 e. The quantitative estimate of drug-likeness (QED) is 0.906. The number of carbonyl (C=O) groups excluding carboxylic acids is 1. The van der Waals surface area contributed by atoms with Gasteiger partial charge in [0.25, 0.3) is 0 Å². The van der Waals surface area contributed by atoms with Gasteiger partial charge < -0.3 is 10.6 Å². The second-order valence-corrected chi connectivity index (χ2v) is 5.49. The van der Waals surface area contributed by atoms with Gasteiger partial charge in [-0.05, 0) is 30.9 Å². The standard InChI is InChI=1S/C16H24N2O/c1-3-7-12(2)16(19)18-11-6-9-14(17)13-8-4-5-10-15(13)18/h4-5,8,10,12,14H,3,6-7,9,11,17H2,1-2H3. The van der Waals surface area contributed by atoms with Crippen LogP contribution in [0.3, 0.4) is 0 Å². The Hall–Kier alpha value is -1.35. The van der Waals surface area contributed by atoms with E-state index in [0.29, 0.717) is 0 Å². The van der Waals surface area contributed by atoms with Crippen molar-refractivity contribution < 1.29 is 4.79 Å². The van der Waals surface area contributed by atoms with Crippen LogP contribution >= 0.6 is 0 Å². The van der Waals surface area contributed by atoms with E-state index in [2.05, 4.69) is 13.0 Å². The van der Waals surface area contributed by atoms with E-state index < -0.39 is 0 Å². The molecular weight excluding hydrogens is 236 g/mol. The van der Waals surface area contributed by atoms with Gasteiger partial charge in [-0.25, -0.2) is 0 Å². The Bertz CT molecular complexity index is 444. The second kappa shape index (κ2) is 6.20. The molecule has 2 unspecified atom stereocenters. The van der Waals surface area contributed by atoms with E-state index in [0.717, 1.165) is 43.5 Å². The molecule has 3 nitrogen and oxygen atoms in total. The fourth-order valence-electron chi connectivity index (χ4n) is 2.84. The molecule has 0 fully saturated rings. The molecule has 0 bridgehead atoms. The Morgan fingerprint density at radius 3 is 2.95 bits per heavy atom. The first-order valence-corrected chi connectivity index (χ1v) is 7.31. The second-order valence-electron chi connectivity index (χ2n) is 5.49. The molecule has 2 N–H and O–H groups in total. The Kier molecular flexibility index (Phi) is 4.59. The molecule has 1 heterocycles. The van der Waals surface area contributed by atoms with Crippen molar-refractivity contribution in [2.75, 3.05) is 11.4 Å². The molecular formula is C16H24N2O. The molecule has 19 heavy (non-hydrogen) atoms. The molecule has 1 amide bonds. The van der Waals surface area contributed by atoms with Crippen molar-refractivity contribution in [3.8, 4) is 0 Å². The lowest BCUT2D eigenvalue weighted by atomic mass is 10.0. The molecule has 0 radical (unpaired) electrons. The van der Waals surface area contributed by atoms with E-state index in [9.17, 15) is 4.79 Å². The maximum atomic E-state index is 12.6. The van der Waals surface area contributed by atoms with Gasteiger partial charge in [-0.2, -0.15) is 0 Å². The fourth-order valence-corrected chi connectivity index (χ4v) is 2.84. The van der Waals surface area contributed by atoms with Gasteiger partial charge in [0, 0.05) is 24.2 Å². The maximum Gasteiger partial charge on any atom is 0.229 e. The van der Waals surface area contributed by atoms with Crippen LogP contribution in [0.2, 0.25) is 0 Å². The lowest BCUT2D eigenvalue weighted by molar-refractivity contribution is -0.122. The van der Waals surface area contributed by atoms with Gasteiger partial charge in [0.1, 0.15) is 0 Å². The van der Waals surface area contributed by atoms with Gasteiger partial charge in [0.2, 0.25) is 5.91 Å². The first-order chi connectivity index (χ1) is 9.15. The summed E-state index contributed by atoms with van der Waals surface area (Å²) in [7, 11) is 0. The molecule has 0 spiro atoms. The van der Waals surface area contributed by atoms with Crippen LogP contribution in [0.5, 0.6) is 0 Å². The average molecular weight is 260 g/mol. The molecule has 1 aromatic carbocycles. The molecule has 0 aromatic heterocycles. The molecule has 0 aliphatic carbocycles. The first-order valence-electron chi connectivity index (χ1n) is 7.31. The summed E-state index contributed by atoms with van der Waals surface area (Å²) in [5, 5.41) is 0. The van der Waals surface area contributed by atoms with Crippen molar-refractivity contribution in [2.24, 2.45) is 11.7 Å². The predicted octanol–water partition coefficient (Wildman–Crippen LogP) is 3.25. The summed E-state index contributed by atoms with van der Waals surface area (Å²) in [4.78, 5) is 14.5. The maximum absolute atomic E-state index is 12.6. The highest BCUT2D eigenvalue weighted by Gasteiger charge is 2.26. The number of nitrogens with zero attached hydrogens (tertiary/aromatic N) is 1. The summed E-state index contributed by atoms with van der Waals surface area (Å²) in [5.41, 5.74) is 8.33. The Morgan fingerprint density at radius 2 is 2.21 bits per heavy atom. The number of rotatable bonds is 3. The fraction of sp³-hybridized carbons (Fsp3) is 0.562. The Balaban J connectivity index is 2.30. The zero-order valence-electron chi connectivity index (χ0n) is 11.9. The number of benzene rings is 1. The van der Waals surface area contributed by atoms with E-state index in [-0.39, 0.29) is 17.9 Å². The molecule has 3 heteroatoms. The summed E-state index contributed by atoms with van der Waals surface area (Å²) in [6.45, 7) is 4.94. The van der Waals surface area contributed by atoms with Gasteiger partial charge in [0.05, 0.1) is 0 Å². The number of amides is 1. The minimum Gasteiger partial charge on any atom is -0.324 e. The minimum absolute atomic E-state index is 0.0514. The third-order valence-electron chi connectivity index (χ3n) is 3.93. The third-order valence-corrected chi connectivity index (χ3v) is 3.93. The molecule has 1 aliphatic rings. The van der Waals surface area contributed by atoms with Crippen LogP contribution in [-0.2, 0) is 4.79 Å². The SMILES string of the molecule is CCCC(C)C(=O)N1CCCC(N)c2ccccc21. The molecule has 1 aromatic rings. The highest BCUT2D eigenvalue weighted by atomic mass is 16.2. The monoisotopic (exact) mass is 260 g/mol. The van der Waals surface area contributed by atoms with Crippen molar-refractivity contribution in [1.29, 1.82) is 0 Å². The molecule has 2 atom stereocenters. The van der Waals surface area contributed by atoms with Crippen LogP contribution in [0.4, 0.5) is 5.69 Å². The Labute approximate surface area is 115 Å². The van der Waals surface area contributed by atoms with Gasteiger partial charge in [-0.15, -0.1) is 0 Å². The van der Waals surface area contributed by atoms with Crippen LogP contribution in [0.1, 0.15) is 51.1 Å². The van der Waals surface area contributed by atoms with E-state index >= 15 is 0 Å². The topological polar surface area (TPSA) is 46.3 Å². The minimum atomic E-state index is 0.0514. The highest BCUT2D eigenvalue weighted by Crippen LogP contribution is 2.32. The van der Waals surface area contributed by atoms with Crippen LogP contribution in [-0.4, -0.2) is 12.5 Å². The molecule has 1 aliphatic heterocycles. The Morgan fingerprint density at radius 1 is 1.47 bits per heavy atom. The molecule has 0 saturated carbocycles. The van der Waals surface area contributed by atoms with E-state index in [1.54, 1.807) is 0 Å². The highest BCUT2D eigenvalue weighted by molar-refractivity contribution is 5.95. The van der Waals surface area contributed by atoms with Crippen molar-refractivity contribution in [1.82, 2.24) is 0 Å². The number of nitrogens with two attached hydrogens (primary N) is 1. The van der Waals surface area contributed by atoms with Gasteiger partial charge in [0.15, 0.2) is 0 Å². The van der Waals surface area contributed by atoms with Gasteiger partial charge in [-0.3, -0.25) is 4.79 Å². The lowest BCUT2D eigenvalue weighted by Gasteiger charge is -2.26. The van der Waals surface area contributed by atoms with Crippen molar-refractivity contribution in [2.45, 2.75) is 45.6 Å². The van der Waals surface area contributed by atoms with Crippen LogP contribution in [0.25, 0.3) is 0 Å². The molecule has 104 valence electrons. The number of anilines is 1. The van der Waals surface area contributed by atoms with E-state index in [4.69, 9.17) is 5.73 Å². The van der Waals surface area contributed by atoms with Gasteiger partial charge in [-0.1, -0.05) is 38.5 Å². The van der Waals surface area contributed by atoms with Crippen molar-refractivity contribution >= 4 is 11.6 Å². The number of hydrogen-bond donors (Lipinski definition) is 1. The summed E-state index contributed by atoms with van der Waals surface area (Å²) in [5.74, 6) is 0.329. The van der Waals surface area contributed by atoms with Crippen LogP contribution in [0.15, 0.2) is 24.3 Å².